The molecule has 0 saturated heterocycles. The molecule has 0 amide bonds. The first-order valence-corrected chi connectivity index (χ1v) is 5.40. The molecule has 1 unspecified atom stereocenters. The quantitative estimate of drug-likeness (QED) is 0.486. The molecule has 2 atom stereocenters. The number of nitrogens with two attached hydrogens (primary N) is 1. The molecule has 0 fully saturated rings. The molecule has 0 aromatic carbocycles. The standard InChI is InChI=1S/C11H20NO3/c1-3-9(2)10(12)11(14)15-8-6-4-5-7-13/h9-10H,3-6,8,12H2,1-2H3/t9?,10-/m0/s1. The predicted molar refractivity (Wildman–Crippen MR) is 57.9 cm³/mol. The molecule has 0 aliphatic heterocycles. The van der Waals surface area contributed by atoms with Gasteiger partial charge in [-0.25, -0.2) is 0 Å². The molecule has 0 saturated carbocycles. The molecule has 0 bridgehead atoms. The van der Waals surface area contributed by atoms with Crippen molar-refractivity contribution < 1.29 is 14.3 Å². The van der Waals surface area contributed by atoms with Gasteiger partial charge in [0, 0.05) is 6.42 Å². The lowest BCUT2D eigenvalue weighted by Gasteiger charge is -2.16. The third kappa shape index (κ3) is 6.23. The molecule has 0 aliphatic carbocycles. The van der Waals surface area contributed by atoms with Crippen molar-refractivity contribution in [3.8, 4) is 0 Å². The van der Waals surface area contributed by atoms with E-state index < -0.39 is 6.04 Å². The Morgan fingerprint density at radius 2 is 2.13 bits per heavy atom. The predicted octanol–water partition coefficient (Wildman–Crippen LogP) is 1.18. The van der Waals surface area contributed by atoms with E-state index in [1.807, 2.05) is 13.8 Å². The summed E-state index contributed by atoms with van der Waals surface area (Å²) in [5.41, 5.74) is 5.68. The van der Waals surface area contributed by atoms with Gasteiger partial charge in [-0.2, -0.15) is 0 Å². The minimum Gasteiger partial charge on any atom is -0.465 e. The molecule has 1 radical (unpaired) electrons. The number of carbonyl (C=O) groups excluding carboxylic acids is 2. The fraction of sp³-hybridized carbons (Fsp3) is 0.818. The van der Waals surface area contributed by atoms with Crippen LogP contribution in [0.2, 0.25) is 0 Å². The van der Waals surface area contributed by atoms with Crippen molar-refractivity contribution in [2.45, 2.75) is 45.6 Å². The Morgan fingerprint density at radius 1 is 1.47 bits per heavy atom. The summed E-state index contributed by atoms with van der Waals surface area (Å²) in [4.78, 5) is 21.2. The maximum Gasteiger partial charge on any atom is 0.323 e. The highest BCUT2D eigenvalue weighted by molar-refractivity contribution is 5.75. The second-order valence-corrected chi connectivity index (χ2v) is 3.68. The molecule has 0 spiro atoms. The van der Waals surface area contributed by atoms with Crippen LogP contribution in [-0.2, 0) is 14.3 Å². The Labute approximate surface area is 91.2 Å². The van der Waals surface area contributed by atoms with Crippen molar-refractivity contribution in [3.63, 3.8) is 0 Å². The molecule has 2 N–H and O–H groups in total. The normalized spacial score (nSPS) is 14.3. The van der Waals surface area contributed by atoms with Gasteiger partial charge in [0.15, 0.2) is 6.29 Å². The Morgan fingerprint density at radius 3 is 2.67 bits per heavy atom. The van der Waals surface area contributed by atoms with Gasteiger partial charge >= 0.3 is 5.97 Å². The minimum absolute atomic E-state index is 0.140. The van der Waals surface area contributed by atoms with E-state index in [4.69, 9.17) is 10.5 Å². The first-order valence-electron chi connectivity index (χ1n) is 5.40. The van der Waals surface area contributed by atoms with E-state index in [-0.39, 0.29) is 11.9 Å². The summed E-state index contributed by atoms with van der Waals surface area (Å²) in [6.45, 7) is 4.25. The average Bonchev–Trinajstić information content (AvgIpc) is 2.26. The molecule has 4 nitrogen and oxygen atoms in total. The largest absolute Gasteiger partial charge is 0.465 e. The van der Waals surface area contributed by atoms with E-state index >= 15 is 0 Å². The number of hydrogen-bond donors (Lipinski definition) is 1. The molecule has 0 rings (SSSR count). The zero-order valence-electron chi connectivity index (χ0n) is 9.49. The minimum atomic E-state index is -0.535. The summed E-state index contributed by atoms with van der Waals surface area (Å²) in [5, 5.41) is 0. The number of ether oxygens (including phenoxy) is 1. The van der Waals surface area contributed by atoms with E-state index in [2.05, 4.69) is 0 Å². The summed E-state index contributed by atoms with van der Waals surface area (Å²) in [6.07, 6.45) is 4.44. The van der Waals surface area contributed by atoms with Crippen LogP contribution in [0.4, 0.5) is 0 Å². The molecule has 0 aromatic heterocycles. The maximum atomic E-state index is 11.4. The number of unbranched alkanes of at least 4 members (excludes halogenated alkanes) is 2. The molecule has 0 heterocycles. The average molecular weight is 214 g/mol. The van der Waals surface area contributed by atoms with Crippen LogP contribution in [-0.4, -0.2) is 24.9 Å². The second-order valence-electron chi connectivity index (χ2n) is 3.68. The van der Waals surface area contributed by atoms with Crippen molar-refractivity contribution in [2.24, 2.45) is 11.7 Å². The van der Waals surface area contributed by atoms with Crippen LogP contribution < -0.4 is 5.73 Å². The Hall–Kier alpha value is -0.900. The van der Waals surface area contributed by atoms with Gasteiger partial charge in [-0.15, -0.1) is 0 Å². The van der Waals surface area contributed by atoms with Crippen LogP contribution in [0.1, 0.15) is 39.5 Å². The van der Waals surface area contributed by atoms with E-state index in [0.717, 1.165) is 6.42 Å². The first-order chi connectivity index (χ1) is 7.13. The van der Waals surface area contributed by atoms with Crippen LogP contribution in [0, 0.1) is 5.92 Å². The highest BCUT2D eigenvalue weighted by Gasteiger charge is 2.20. The van der Waals surface area contributed by atoms with Crippen LogP contribution in [0.15, 0.2) is 0 Å². The van der Waals surface area contributed by atoms with Crippen molar-refractivity contribution >= 4 is 12.3 Å². The van der Waals surface area contributed by atoms with Crippen molar-refractivity contribution in [1.29, 1.82) is 0 Å². The lowest BCUT2D eigenvalue weighted by molar-refractivity contribution is -0.146. The zero-order chi connectivity index (χ0) is 11.7. The molecule has 4 heteroatoms. The van der Waals surface area contributed by atoms with Gasteiger partial charge in [-0.3, -0.25) is 9.59 Å². The lowest BCUT2D eigenvalue weighted by atomic mass is 10.0. The van der Waals surface area contributed by atoms with Gasteiger partial charge in [-0.1, -0.05) is 20.3 Å². The van der Waals surface area contributed by atoms with Crippen LogP contribution in [0.3, 0.4) is 0 Å². The van der Waals surface area contributed by atoms with Gasteiger partial charge in [0.05, 0.1) is 6.61 Å². The summed E-state index contributed by atoms with van der Waals surface area (Å²) in [6, 6.07) is -0.535. The van der Waals surface area contributed by atoms with Crippen molar-refractivity contribution in [1.82, 2.24) is 0 Å². The topological polar surface area (TPSA) is 69.4 Å². The van der Waals surface area contributed by atoms with Gasteiger partial charge in [0.1, 0.15) is 6.04 Å². The smallest absolute Gasteiger partial charge is 0.323 e. The molecule has 87 valence electrons. The van der Waals surface area contributed by atoms with E-state index in [1.165, 1.54) is 0 Å². The van der Waals surface area contributed by atoms with E-state index in [0.29, 0.717) is 25.9 Å². The molecule has 0 aromatic rings. The second kappa shape index (κ2) is 8.41. The SMILES string of the molecule is CCC(C)[C@H](N)C(=O)OCCCC[C]=O. The van der Waals surface area contributed by atoms with Crippen LogP contribution in [0.5, 0.6) is 0 Å². The maximum absolute atomic E-state index is 11.4. The number of esters is 1. The van der Waals surface area contributed by atoms with Crippen LogP contribution >= 0.6 is 0 Å². The highest BCUT2D eigenvalue weighted by Crippen LogP contribution is 2.07. The van der Waals surface area contributed by atoms with Gasteiger partial charge in [-0.05, 0) is 18.8 Å². The Kier molecular flexibility index (Phi) is 7.91. The fourth-order valence-corrected chi connectivity index (χ4v) is 1.05. The number of rotatable bonds is 8. The Bertz CT molecular complexity index is 194. The van der Waals surface area contributed by atoms with Crippen LogP contribution in [0.25, 0.3) is 0 Å². The fourth-order valence-electron chi connectivity index (χ4n) is 1.05. The molecule has 15 heavy (non-hydrogen) atoms. The third-order valence-corrected chi connectivity index (χ3v) is 2.45. The summed E-state index contributed by atoms with van der Waals surface area (Å²) >= 11 is 0. The summed E-state index contributed by atoms with van der Waals surface area (Å²) in [5.74, 6) is -0.208. The third-order valence-electron chi connectivity index (χ3n) is 2.45. The van der Waals surface area contributed by atoms with Gasteiger partial charge in [0.25, 0.3) is 0 Å². The van der Waals surface area contributed by atoms with Gasteiger partial charge in [0.2, 0.25) is 0 Å². The summed E-state index contributed by atoms with van der Waals surface area (Å²) in [7, 11) is 0. The van der Waals surface area contributed by atoms with E-state index in [1.54, 1.807) is 6.29 Å². The molecule has 0 aliphatic rings. The molecular weight excluding hydrogens is 194 g/mol. The zero-order valence-corrected chi connectivity index (χ0v) is 9.49. The lowest BCUT2D eigenvalue weighted by Crippen LogP contribution is -2.38. The number of carbonyl (C=O) groups is 1. The van der Waals surface area contributed by atoms with Crippen molar-refractivity contribution in [3.05, 3.63) is 0 Å². The summed E-state index contributed by atoms with van der Waals surface area (Å²) < 4.78 is 4.98. The van der Waals surface area contributed by atoms with Gasteiger partial charge < -0.3 is 10.5 Å². The number of hydrogen-bond acceptors (Lipinski definition) is 4. The first kappa shape index (κ1) is 14.1. The highest BCUT2D eigenvalue weighted by atomic mass is 16.5. The molecular formula is C11H20NO3. The van der Waals surface area contributed by atoms with Crippen molar-refractivity contribution in [2.75, 3.05) is 6.61 Å². The Balaban J connectivity index is 3.60. The van der Waals surface area contributed by atoms with E-state index in [9.17, 15) is 9.59 Å². The monoisotopic (exact) mass is 214 g/mol.